The molecule has 5 nitrogen and oxygen atoms in total. The summed E-state index contributed by atoms with van der Waals surface area (Å²) in [4.78, 5) is 3.11. The Kier molecular flexibility index (Phi) is 5.36. The molecule has 0 aliphatic heterocycles. The molecule has 0 spiro atoms. The summed E-state index contributed by atoms with van der Waals surface area (Å²) in [6, 6.07) is 5.35. The van der Waals surface area contributed by atoms with Crippen molar-refractivity contribution >= 4 is 11.6 Å². The first kappa shape index (κ1) is 19.9. The van der Waals surface area contributed by atoms with Gasteiger partial charge < -0.3 is 9.84 Å². The number of aromatic nitrogens is 3. The van der Waals surface area contributed by atoms with Crippen molar-refractivity contribution < 1.29 is 27.4 Å². The van der Waals surface area contributed by atoms with Gasteiger partial charge in [0.25, 0.3) is 0 Å². The lowest BCUT2D eigenvalue weighted by molar-refractivity contribution is -0.253. The summed E-state index contributed by atoms with van der Waals surface area (Å²) in [6.45, 7) is 0.179. The molecular weight excluding hydrogens is 390 g/mol. The van der Waals surface area contributed by atoms with Gasteiger partial charge in [0.15, 0.2) is 0 Å². The van der Waals surface area contributed by atoms with E-state index in [2.05, 4.69) is 14.8 Å². The van der Waals surface area contributed by atoms with Crippen molar-refractivity contribution in [3.05, 3.63) is 42.5 Å². The lowest BCUT2D eigenvalue weighted by atomic mass is 9.89. The molecule has 1 aliphatic carbocycles. The monoisotopic (exact) mass is 407 g/mol. The second-order valence-electron chi connectivity index (χ2n) is 6.70. The average molecular weight is 408 g/mol. The van der Waals surface area contributed by atoms with Crippen molar-refractivity contribution in [3.8, 4) is 5.75 Å². The number of benzene rings is 1. The van der Waals surface area contributed by atoms with E-state index in [0.717, 1.165) is 5.56 Å². The lowest BCUT2D eigenvalue weighted by Crippen LogP contribution is -2.45. The van der Waals surface area contributed by atoms with E-state index in [1.807, 2.05) is 0 Å². The molecule has 27 heavy (non-hydrogen) atoms. The molecule has 1 saturated carbocycles. The van der Waals surface area contributed by atoms with Gasteiger partial charge in [-0.25, -0.2) is 4.98 Å². The van der Waals surface area contributed by atoms with Crippen LogP contribution in [0.15, 0.2) is 36.9 Å². The SMILES string of the molecule is OC(CCc1ccc(OC(F)(F)C(F)F)cc1)(Cn1cncn1)C1(Cl)CC1. The molecule has 1 atom stereocenters. The van der Waals surface area contributed by atoms with E-state index in [1.54, 1.807) is 0 Å². The molecule has 148 valence electrons. The zero-order valence-corrected chi connectivity index (χ0v) is 14.9. The molecule has 1 aromatic carbocycles. The first-order valence-electron chi connectivity index (χ1n) is 8.31. The van der Waals surface area contributed by atoms with Crippen LogP contribution in [0.2, 0.25) is 0 Å². The van der Waals surface area contributed by atoms with Gasteiger partial charge >= 0.3 is 12.5 Å². The third-order valence-corrected chi connectivity index (χ3v) is 5.40. The van der Waals surface area contributed by atoms with Crippen LogP contribution in [-0.4, -0.2) is 42.9 Å². The molecule has 1 aromatic heterocycles. The van der Waals surface area contributed by atoms with Crippen LogP contribution < -0.4 is 4.74 Å². The second-order valence-corrected chi connectivity index (χ2v) is 7.42. The number of ether oxygens (including phenoxy) is 1. The molecule has 1 N–H and O–H groups in total. The molecule has 1 heterocycles. The van der Waals surface area contributed by atoms with E-state index < -0.39 is 23.0 Å². The number of hydrogen-bond acceptors (Lipinski definition) is 4. The summed E-state index contributed by atoms with van der Waals surface area (Å²) in [5.41, 5.74) is -0.499. The Labute approximate surface area is 157 Å². The molecule has 2 aromatic rings. The van der Waals surface area contributed by atoms with Crippen molar-refractivity contribution in [2.24, 2.45) is 0 Å². The molecule has 3 rings (SSSR count). The number of halogens is 5. The largest absolute Gasteiger partial charge is 0.461 e. The summed E-state index contributed by atoms with van der Waals surface area (Å²) in [5, 5.41) is 15.1. The van der Waals surface area contributed by atoms with Gasteiger partial charge in [0.05, 0.1) is 11.4 Å². The van der Waals surface area contributed by atoms with Crippen LogP contribution in [0, 0.1) is 0 Å². The fraction of sp³-hybridized carbons (Fsp3) is 0.529. The van der Waals surface area contributed by atoms with E-state index in [4.69, 9.17) is 11.6 Å². The number of hydrogen-bond donors (Lipinski definition) is 1. The maximum absolute atomic E-state index is 12.9. The maximum atomic E-state index is 12.9. The third kappa shape index (κ3) is 4.52. The van der Waals surface area contributed by atoms with E-state index in [1.165, 1.54) is 41.6 Å². The minimum absolute atomic E-state index is 0.179. The molecule has 0 saturated heterocycles. The molecule has 1 fully saturated rings. The highest BCUT2D eigenvalue weighted by Crippen LogP contribution is 2.53. The fourth-order valence-electron chi connectivity index (χ4n) is 2.88. The van der Waals surface area contributed by atoms with Gasteiger partial charge in [-0.05, 0) is 43.4 Å². The zero-order valence-electron chi connectivity index (χ0n) is 14.2. The molecular formula is C17H18ClF4N3O2. The topological polar surface area (TPSA) is 60.2 Å². The second kappa shape index (κ2) is 7.27. The molecule has 10 heteroatoms. The van der Waals surface area contributed by atoms with Crippen molar-refractivity contribution in [1.82, 2.24) is 14.8 Å². The zero-order chi connectivity index (χ0) is 19.7. The van der Waals surface area contributed by atoms with Crippen LogP contribution in [0.3, 0.4) is 0 Å². The van der Waals surface area contributed by atoms with Crippen LogP contribution in [0.5, 0.6) is 5.75 Å². The summed E-state index contributed by atoms with van der Waals surface area (Å²) < 4.78 is 55.7. The Hall–Kier alpha value is -1.87. The molecule has 1 unspecified atom stereocenters. The number of aliphatic hydroxyl groups is 1. The summed E-state index contributed by atoms with van der Waals surface area (Å²) >= 11 is 6.48. The van der Waals surface area contributed by atoms with Crippen molar-refractivity contribution in [2.45, 2.75) is 55.2 Å². The standard InChI is InChI=1S/C17H18ClF4N3O2/c18-15(7-8-15)16(26,9-25-11-23-10-24-25)6-5-12-1-3-13(4-2-12)27-17(21,22)14(19)20/h1-4,10-11,14,26H,5-9H2. The quantitative estimate of drug-likeness (QED) is 0.509. The van der Waals surface area contributed by atoms with Gasteiger partial charge in [0.1, 0.15) is 24.0 Å². The van der Waals surface area contributed by atoms with Crippen LogP contribution in [0.1, 0.15) is 24.8 Å². The van der Waals surface area contributed by atoms with Gasteiger partial charge in [-0.2, -0.15) is 22.7 Å². The Morgan fingerprint density at radius 2 is 1.93 bits per heavy atom. The Bertz CT molecular complexity index is 754. The van der Waals surface area contributed by atoms with Gasteiger partial charge in [-0.1, -0.05) is 12.1 Å². The summed E-state index contributed by atoms with van der Waals surface area (Å²) in [6.07, 6.45) is -3.54. The molecule has 0 radical (unpaired) electrons. The average Bonchev–Trinajstić information content (AvgIpc) is 3.17. The summed E-state index contributed by atoms with van der Waals surface area (Å²) in [5.74, 6) is -0.363. The Morgan fingerprint density at radius 3 is 2.44 bits per heavy atom. The van der Waals surface area contributed by atoms with Crippen LogP contribution in [0.25, 0.3) is 0 Å². The van der Waals surface area contributed by atoms with Gasteiger partial charge in [-0.15, -0.1) is 11.6 Å². The first-order valence-corrected chi connectivity index (χ1v) is 8.69. The highest BCUT2D eigenvalue weighted by Gasteiger charge is 2.57. The Morgan fingerprint density at radius 1 is 1.26 bits per heavy atom. The van der Waals surface area contributed by atoms with Crippen molar-refractivity contribution in [3.63, 3.8) is 0 Å². The Balaban J connectivity index is 1.64. The smallest absolute Gasteiger partial charge is 0.428 e. The van der Waals surface area contributed by atoms with E-state index in [0.29, 0.717) is 25.7 Å². The van der Waals surface area contributed by atoms with E-state index in [-0.39, 0.29) is 12.3 Å². The number of nitrogens with zero attached hydrogens (tertiary/aromatic N) is 3. The molecule has 0 amide bonds. The molecule has 1 aliphatic rings. The minimum atomic E-state index is -4.55. The number of aryl methyl sites for hydroxylation is 1. The normalized spacial score (nSPS) is 18.3. The molecule has 0 bridgehead atoms. The van der Waals surface area contributed by atoms with Gasteiger partial charge in [0.2, 0.25) is 0 Å². The van der Waals surface area contributed by atoms with E-state index in [9.17, 15) is 22.7 Å². The fourth-order valence-corrected chi connectivity index (χ4v) is 3.13. The van der Waals surface area contributed by atoms with Crippen LogP contribution in [0.4, 0.5) is 17.6 Å². The van der Waals surface area contributed by atoms with Crippen LogP contribution in [-0.2, 0) is 13.0 Å². The highest BCUT2D eigenvalue weighted by atomic mass is 35.5. The predicted molar refractivity (Wildman–Crippen MR) is 89.1 cm³/mol. The van der Waals surface area contributed by atoms with Gasteiger partial charge in [-0.3, -0.25) is 4.68 Å². The van der Waals surface area contributed by atoms with Crippen molar-refractivity contribution in [2.75, 3.05) is 0 Å². The first-order chi connectivity index (χ1) is 12.6. The van der Waals surface area contributed by atoms with Crippen LogP contribution >= 0.6 is 11.6 Å². The lowest BCUT2D eigenvalue weighted by Gasteiger charge is -2.33. The number of alkyl halides is 5. The van der Waals surface area contributed by atoms with Crippen molar-refractivity contribution in [1.29, 1.82) is 0 Å². The summed E-state index contributed by atoms with van der Waals surface area (Å²) in [7, 11) is 0. The maximum Gasteiger partial charge on any atom is 0.461 e. The van der Waals surface area contributed by atoms with Gasteiger partial charge in [0, 0.05) is 0 Å². The predicted octanol–water partition coefficient (Wildman–Crippen LogP) is 3.65. The highest BCUT2D eigenvalue weighted by molar-refractivity contribution is 6.26. The third-order valence-electron chi connectivity index (χ3n) is 4.67. The minimum Gasteiger partial charge on any atom is -0.428 e. The number of rotatable bonds is 9. The van der Waals surface area contributed by atoms with E-state index >= 15 is 0 Å².